The van der Waals surface area contributed by atoms with Crippen molar-refractivity contribution in [3.63, 3.8) is 0 Å². The Morgan fingerprint density at radius 3 is 2.91 bits per heavy atom. The van der Waals surface area contributed by atoms with E-state index in [1.54, 1.807) is 13.0 Å². The number of nitrogens with zero attached hydrogens (tertiary/aromatic N) is 2. The van der Waals surface area contributed by atoms with Gasteiger partial charge in [-0.1, -0.05) is 0 Å². The van der Waals surface area contributed by atoms with Gasteiger partial charge >= 0.3 is 0 Å². The summed E-state index contributed by atoms with van der Waals surface area (Å²) in [5, 5.41) is 3.74. The van der Waals surface area contributed by atoms with E-state index in [0.29, 0.717) is 11.5 Å². The predicted octanol–water partition coefficient (Wildman–Crippen LogP) is 0.653. The maximum absolute atomic E-state index is 11.0. The molecule has 0 aromatic carbocycles. The van der Waals surface area contributed by atoms with E-state index in [4.69, 9.17) is 17.3 Å². The van der Waals surface area contributed by atoms with E-state index in [0.717, 1.165) is 0 Å². The quantitative estimate of drug-likeness (QED) is 0.635. The standard InChI is InChI=1S/C6H8ClN3O/c1-4-2-5(8)9-10(4)6(11)3-7/h2H,3H2,1H3,(H2,8,9). The fourth-order valence-corrected chi connectivity index (χ4v) is 0.921. The van der Waals surface area contributed by atoms with Crippen LogP contribution >= 0.6 is 11.6 Å². The average molecular weight is 174 g/mol. The molecule has 5 heteroatoms. The summed E-state index contributed by atoms with van der Waals surface area (Å²) in [6, 6.07) is 1.62. The number of aromatic nitrogens is 2. The first-order chi connectivity index (χ1) is 5.15. The van der Waals surface area contributed by atoms with E-state index in [1.165, 1.54) is 4.68 Å². The topological polar surface area (TPSA) is 60.9 Å². The van der Waals surface area contributed by atoms with Crippen LogP contribution < -0.4 is 5.73 Å². The highest BCUT2D eigenvalue weighted by atomic mass is 35.5. The number of halogens is 1. The number of nitrogens with two attached hydrogens (primary N) is 1. The lowest BCUT2D eigenvalue weighted by atomic mass is 10.4. The van der Waals surface area contributed by atoms with Gasteiger partial charge in [0, 0.05) is 11.8 Å². The first kappa shape index (κ1) is 8.07. The molecule has 0 aliphatic carbocycles. The fourth-order valence-electron chi connectivity index (χ4n) is 0.807. The smallest absolute Gasteiger partial charge is 0.262 e. The summed E-state index contributed by atoms with van der Waals surface area (Å²) >= 11 is 5.32. The zero-order valence-corrected chi connectivity index (χ0v) is 6.80. The Bertz CT molecular complexity index is 281. The van der Waals surface area contributed by atoms with Gasteiger partial charge in [-0.2, -0.15) is 0 Å². The molecule has 1 aromatic heterocycles. The van der Waals surface area contributed by atoms with Crippen molar-refractivity contribution in [2.75, 3.05) is 11.6 Å². The molecule has 0 aliphatic heterocycles. The third kappa shape index (κ3) is 1.51. The predicted molar refractivity (Wildman–Crippen MR) is 42.7 cm³/mol. The molecule has 0 fully saturated rings. The third-order valence-electron chi connectivity index (χ3n) is 1.26. The van der Waals surface area contributed by atoms with Gasteiger partial charge in [-0.25, -0.2) is 4.68 Å². The molecular weight excluding hydrogens is 166 g/mol. The molecule has 0 saturated carbocycles. The highest BCUT2D eigenvalue weighted by molar-refractivity contribution is 6.27. The summed E-state index contributed by atoms with van der Waals surface area (Å²) in [6.45, 7) is 1.74. The minimum absolute atomic E-state index is 0.0814. The molecule has 2 N–H and O–H groups in total. The van der Waals surface area contributed by atoms with Crippen LogP contribution in [0.1, 0.15) is 10.5 Å². The molecule has 0 atom stereocenters. The maximum atomic E-state index is 11.0. The Labute approximate surface area is 68.9 Å². The number of carbonyl (C=O) groups is 1. The summed E-state index contributed by atoms with van der Waals surface area (Å²) in [5.41, 5.74) is 6.05. The van der Waals surface area contributed by atoms with Gasteiger partial charge in [0.25, 0.3) is 5.91 Å². The van der Waals surface area contributed by atoms with Crippen LogP contribution in [0.25, 0.3) is 0 Å². The summed E-state index contributed by atoms with van der Waals surface area (Å²) in [5.74, 6) is -0.0102. The van der Waals surface area contributed by atoms with Crippen LogP contribution in [0.4, 0.5) is 5.82 Å². The Kier molecular flexibility index (Phi) is 2.14. The molecule has 1 aromatic rings. The maximum Gasteiger partial charge on any atom is 0.262 e. The van der Waals surface area contributed by atoms with Gasteiger partial charge in [0.15, 0.2) is 0 Å². The van der Waals surface area contributed by atoms with Crippen molar-refractivity contribution in [3.05, 3.63) is 11.8 Å². The molecule has 0 amide bonds. The van der Waals surface area contributed by atoms with Gasteiger partial charge < -0.3 is 5.73 Å². The van der Waals surface area contributed by atoms with Crippen LogP contribution in [0, 0.1) is 6.92 Å². The van der Waals surface area contributed by atoms with Crippen LogP contribution in [-0.2, 0) is 0 Å². The fraction of sp³-hybridized carbons (Fsp3) is 0.333. The van der Waals surface area contributed by atoms with Gasteiger partial charge in [-0.15, -0.1) is 16.7 Å². The lowest BCUT2D eigenvalue weighted by Gasteiger charge is -1.96. The van der Waals surface area contributed by atoms with E-state index in [9.17, 15) is 4.79 Å². The van der Waals surface area contributed by atoms with Gasteiger partial charge in [0.2, 0.25) is 0 Å². The SMILES string of the molecule is Cc1cc(N)nn1C(=O)CCl. The minimum Gasteiger partial charge on any atom is -0.382 e. The van der Waals surface area contributed by atoms with E-state index in [1.807, 2.05) is 0 Å². The lowest BCUT2D eigenvalue weighted by Crippen LogP contribution is -2.15. The second-order valence-electron chi connectivity index (χ2n) is 2.15. The van der Waals surface area contributed by atoms with Crippen molar-refractivity contribution in [1.82, 2.24) is 9.78 Å². The van der Waals surface area contributed by atoms with E-state index in [-0.39, 0.29) is 11.8 Å². The highest BCUT2D eigenvalue weighted by Crippen LogP contribution is 2.03. The van der Waals surface area contributed by atoms with Crippen molar-refractivity contribution >= 4 is 23.3 Å². The molecule has 0 bridgehead atoms. The molecule has 4 nitrogen and oxygen atoms in total. The van der Waals surface area contributed by atoms with Crippen molar-refractivity contribution in [2.45, 2.75) is 6.92 Å². The van der Waals surface area contributed by atoms with Gasteiger partial charge in [-0.3, -0.25) is 4.79 Å². The second kappa shape index (κ2) is 2.92. The van der Waals surface area contributed by atoms with Crippen LogP contribution in [-0.4, -0.2) is 21.6 Å². The van der Waals surface area contributed by atoms with E-state index in [2.05, 4.69) is 5.10 Å². The van der Waals surface area contributed by atoms with Gasteiger partial charge in [0.1, 0.15) is 11.7 Å². The molecular formula is C6H8ClN3O. The van der Waals surface area contributed by atoms with Crippen LogP contribution in [0.2, 0.25) is 0 Å². The molecule has 60 valence electrons. The van der Waals surface area contributed by atoms with E-state index >= 15 is 0 Å². The summed E-state index contributed by atoms with van der Waals surface area (Å²) in [4.78, 5) is 11.0. The van der Waals surface area contributed by atoms with E-state index < -0.39 is 0 Å². The van der Waals surface area contributed by atoms with Crippen LogP contribution in [0.5, 0.6) is 0 Å². The minimum atomic E-state index is -0.263. The largest absolute Gasteiger partial charge is 0.382 e. The number of aryl methyl sites for hydroxylation is 1. The number of anilines is 1. The monoisotopic (exact) mass is 173 g/mol. The molecule has 11 heavy (non-hydrogen) atoms. The molecule has 0 radical (unpaired) electrons. The summed E-state index contributed by atoms with van der Waals surface area (Å²) in [6.07, 6.45) is 0. The molecule has 0 spiro atoms. The van der Waals surface area contributed by atoms with Gasteiger partial charge in [-0.05, 0) is 6.92 Å². The van der Waals surface area contributed by atoms with Crippen molar-refractivity contribution in [2.24, 2.45) is 0 Å². The number of hydrogen-bond donors (Lipinski definition) is 1. The number of nitrogen functional groups attached to an aromatic ring is 1. The molecule has 1 heterocycles. The third-order valence-corrected chi connectivity index (χ3v) is 1.49. The second-order valence-corrected chi connectivity index (χ2v) is 2.42. The molecule has 1 rings (SSSR count). The van der Waals surface area contributed by atoms with Crippen molar-refractivity contribution in [1.29, 1.82) is 0 Å². The number of hydrogen-bond acceptors (Lipinski definition) is 3. The Hall–Kier alpha value is -1.03. The number of carbonyl (C=O) groups excluding carboxylic acids is 1. The zero-order valence-electron chi connectivity index (χ0n) is 6.04. The first-order valence-electron chi connectivity index (χ1n) is 3.06. The Balaban J connectivity index is 3.03. The highest BCUT2D eigenvalue weighted by Gasteiger charge is 2.07. The number of rotatable bonds is 1. The molecule has 0 aliphatic rings. The van der Waals surface area contributed by atoms with Crippen molar-refractivity contribution in [3.8, 4) is 0 Å². The summed E-state index contributed by atoms with van der Waals surface area (Å²) in [7, 11) is 0. The lowest BCUT2D eigenvalue weighted by molar-refractivity contribution is 0.0923. The van der Waals surface area contributed by atoms with Gasteiger partial charge in [0.05, 0.1) is 0 Å². The van der Waals surface area contributed by atoms with Crippen LogP contribution in [0.15, 0.2) is 6.07 Å². The number of alkyl halides is 1. The summed E-state index contributed by atoms with van der Waals surface area (Å²) < 4.78 is 1.20. The van der Waals surface area contributed by atoms with Crippen molar-refractivity contribution < 1.29 is 4.79 Å². The normalized spacial score (nSPS) is 10.0. The molecule has 0 unspecified atom stereocenters. The zero-order chi connectivity index (χ0) is 8.43. The average Bonchev–Trinajstić information content (AvgIpc) is 2.28. The Morgan fingerprint density at radius 2 is 2.55 bits per heavy atom. The van der Waals surface area contributed by atoms with Crippen LogP contribution in [0.3, 0.4) is 0 Å². The Morgan fingerprint density at radius 1 is 1.91 bits per heavy atom. The molecule has 0 saturated heterocycles. The first-order valence-corrected chi connectivity index (χ1v) is 3.60.